The summed E-state index contributed by atoms with van der Waals surface area (Å²) in [5.74, 6) is 2.28. The van der Waals surface area contributed by atoms with Gasteiger partial charge in [-0.15, -0.1) is 0 Å². The van der Waals surface area contributed by atoms with Crippen molar-refractivity contribution in [1.82, 2.24) is 14.7 Å². The van der Waals surface area contributed by atoms with E-state index in [-0.39, 0.29) is 17.7 Å². The van der Waals surface area contributed by atoms with Gasteiger partial charge in [0.15, 0.2) is 0 Å². The van der Waals surface area contributed by atoms with Gasteiger partial charge in [0.25, 0.3) is 0 Å². The molecule has 3 rings (SSSR count). The summed E-state index contributed by atoms with van der Waals surface area (Å²) in [6, 6.07) is 5.54. The molecule has 0 atom stereocenters. The van der Waals surface area contributed by atoms with E-state index in [0.29, 0.717) is 31.9 Å². The molecule has 0 saturated carbocycles. The molecule has 0 spiro atoms. The zero-order chi connectivity index (χ0) is 17.1. The van der Waals surface area contributed by atoms with E-state index < -0.39 is 0 Å². The fraction of sp³-hybridized carbons (Fsp3) is 0.353. The number of carbonyl (C=O) groups is 2. The van der Waals surface area contributed by atoms with Crippen LogP contribution in [-0.4, -0.2) is 39.6 Å². The van der Waals surface area contributed by atoms with Gasteiger partial charge in [0.2, 0.25) is 11.8 Å². The minimum absolute atomic E-state index is 0.0805. The van der Waals surface area contributed by atoms with E-state index in [0.717, 1.165) is 11.5 Å². The molecule has 0 radical (unpaired) electrons. The summed E-state index contributed by atoms with van der Waals surface area (Å²) >= 11 is 0. The van der Waals surface area contributed by atoms with Crippen molar-refractivity contribution in [3.63, 3.8) is 0 Å². The Morgan fingerprint density at radius 2 is 2.21 bits per heavy atom. The van der Waals surface area contributed by atoms with E-state index in [1.807, 2.05) is 19.1 Å². The highest BCUT2D eigenvalue weighted by Crippen LogP contribution is 2.20. The highest BCUT2D eigenvalue weighted by atomic mass is 16.3. The molecule has 2 aromatic heterocycles. The van der Waals surface area contributed by atoms with Crippen LogP contribution in [0, 0.1) is 12.8 Å². The molecule has 0 unspecified atom stereocenters. The average molecular weight is 328 g/mol. The normalized spacial score (nSPS) is 14.3. The number of nitrogens with one attached hydrogen (secondary N) is 1. The van der Waals surface area contributed by atoms with Crippen LogP contribution >= 0.6 is 0 Å². The molecule has 24 heavy (non-hydrogen) atoms. The van der Waals surface area contributed by atoms with Gasteiger partial charge in [0.05, 0.1) is 6.20 Å². The van der Waals surface area contributed by atoms with Crippen molar-refractivity contribution >= 4 is 17.6 Å². The van der Waals surface area contributed by atoms with Gasteiger partial charge in [-0.3, -0.25) is 9.59 Å². The number of furan rings is 1. The van der Waals surface area contributed by atoms with E-state index in [1.54, 1.807) is 21.8 Å². The number of likely N-dealkylation sites (tertiary alicyclic amines) is 1. The lowest BCUT2D eigenvalue weighted by atomic mass is 9.96. The van der Waals surface area contributed by atoms with E-state index in [2.05, 4.69) is 17.0 Å². The maximum atomic E-state index is 12.2. The number of hydrogen-bond acceptors (Lipinski definition) is 4. The van der Waals surface area contributed by atoms with Gasteiger partial charge in [0.1, 0.15) is 23.9 Å². The first kappa shape index (κ1) is 16.0. The lowest BCUT2D eigenvalue weighted by Gasteiger charge is -2.38. The Bertz CT molecular complexity index is 755. The van der Waals surface area contributed by atoms with Crippen LogP contribution in [0.3, 0.4) is 0 Å². The van der Waals surface area contributed by atoms with Crippen LogP contribution < -0.4 is 5.32 Å². The second-order valence-corrected chi connectivity index (χ2v) is 5.95. The van der Waals surface area contributed by atoms with Crippen molar-refractivity contribution in [2.75, 3.05) is 18.4 Å². The fourth-order valence-corrected chi connectivity index (χ4v) is 2.75. The Hall–Kier alpha value is -2.83. The second kappa shape index (κ2) is 6.74. The number of nitrogens with zero attached hydrogens (tertiary/aromatic N) is 3. The van der Waals surface area contributed by atoms with Gasteiger partial charge < -0.3 is 14.6 Å². The van der Waals surface area contributed by atoms with Crippen LogP contribution in [0.1, 0.15) is 17.9 Å². The molecule has 1 fully saturated rings. The smallest absolute Gasteiger partial charge is 0.245 e. The standard InChI is InChI=1S/C17H20N4O3/c1-3-17(23)20-9-13(10-20)8-16(22)19-15-6-7-18-21(15)11-14-5-4-12(2)24-14/h3-7,13H,1,8-11H2,2H3,(H,19,22). The van der Waals surface area contributed by atoms with Crippen molar-refractivity contribution in [2.24, 2.45) is 5.92 Å². The Morgan fingerprint density at radius 1 is 1.42 bits per heavy atom. The summed E-state index contributed by atoms with van der Waals surface area (Å²) < 4.78 is 7.22. The van der Waals surface area contributed by atoms with Crippen molar-refractivity contribution in [2.45, 2.75) is 19.9 Å². The minimum Gasteiger partial charge on any atom is -0.464 e. The molecule has 2 amide bonds. The molecule has 2 aromatic rings. The molecule has 126 valence electrons. The first-order valence-electron chi connectivity index (χ1n) is 7.83. The first-order chi connectivity index (χ1) is 11.5. The number of rotatable bonds is 6. The van der Waals surface area contributed by atoms with Crippen molar-refractivity contribution < 1.29 is 14.0 Å². The van der Waals surface area contributed by atoms with E-state index in [1.165, 1.54) is 6.08 Å². The Morgan fingerprint density at radius 3 is 2.88 bits per heavy atom. The molecule has 7 heteroatoms. The monoisotopic (exact) mass is 328 g/mol. The third kappa shape index (κ3) is 3.56. The summed E-state index contributed by atoms with van der Waals surface area (Å²) in [4.78, 5) is 25.2. The van der Waals surface area contributed by atoms with Crippen LogP contribution in [0.4, 0.5) is 5.82 Å². The van der Waals surface area contributed by atoms with Crippen molar-refractivity contribution in [1.29, 1.82) is 0 Å². The number of carbonyl (C=O) groups excluding carboxylic acids is 2. The SMILES string of the molecule is C=CC(=O)N1CC(CC(=O)Nc2ccnn2Cc2ccc(C)o2)C1. The predicted molar refractivity (Wildman–Crippen MR) is 88.3 cm³/mol. The predicted octanol–water partition coefficient (Wildman–Crippen LogP) is 1.81. The van der Waals surface area contributed by atoms with E-state index in [9.17, 15) is 9.59 Å². The summed E-state index contributed by atoms with van der Waals surface area (Å²) in [6.45, 7) is 7.00. The molecule has 3 heterocycles. The van der Waals surface area contributed by atoms with Crippen LogP contribution in [-0.2, 0) is 16.1 Å². The average Bonchev–Trinajstić information content (AvgIpc) is 3.11. The van der Waals surface area contributed by atoms with Crippen LogP contribution in [0.2, 0.25) is 0 Å². The maximum Gasteiger partial charge on any atom is 0.245 e. The molecular weight excluding hydrogens is 308 g/mol. The first-order valence-corrected chi connectivity index (χ1v) is 7.83. The second-order valence-electron chi connectivity index (χ2n) is 5.95. The molecular formula is C17H20N4O3. The zero-order valence-corrected chi connectivity index (χ0v) is 13.6. The molecule has 1 aliphatic heterocycles. The Kier molecular flexibility index (Phi) is 4.50. The van der Waals surface area contributed by atoms with Gasteiger partial charge in [-0.1, -0.05) is 6.58 Å². The molecule has 7 nitrogen and oxygen atoms in total. The third-order valence-corrected chi connectivity index (χ3v) is 4.00. The number of aryl methyl sites for hydroxylation is 1. The molecule has 0 aromatic carbocycles. The molecule has 1 saturated heterocycles. The third-order valence-electron chi connectivity index (χ3n) is 4.00. The topological polar surface area (TPSA) is 80.4 Å². The largest absolute Gasteiger partial charge is 0.464 e. The quantitative estimate of drug-likeness (QED) is 0.820. The van der Waals surface area contributed by atoms with Gasteiger partial charge in [-0.05, 0) is 25.1 Å². The zero-order valence-electron chi connectivity index (χ0n) is 13.6. The van der Waals surface area contributed by atoms with Crippen LogP contribution in [0.15, 0.2) is 41.5 Å². The summed E-state index contributed by atoms with van der Waals surface area (Å²) in [7, 11) is 0. The van der Waals surface area contributed by atoms with Gasteiger partial charge in [-0.25, -0.2) is 4.68 Å². The summed E-state index contributed by atoms with van der Waals surface area (Å²) in [6.07, 6.45) is 3.32. The molecule has 0 aliphatic carbocycles. The van der Waals surface area contributed by atoms with E-state index in [4.69, 9.17) is 4.42 Å². The highest BCUT2D eigenvalue weighted by Gasteiger charge is 2.30. The maximum absolute atomic E-state index is 12.2. The van der Waals surface area contributed by atoms with Gasteiger partial charge in [-0.2, -0.15) is 5.10 Å². The Labute approximate surface area is 139 Å². The van der Waals surface area contributed by atoms with Crippen LogP contribution in [0.25, 0.3) is 0 Å². The van der Waals surface area contributed by atoms with Crippen LogP contribution in [0.5, 0.6) is 0 Å². The highest BCUT2D eigenvalue weighted by molar-refractivity contribution is 5.91. The summed E-state index contributed by atoms with van der Waals surface area (Å²) in [5.41, 5.74) is 0. The fourth-order valence-electron chi connectivity index (χ4n) is 2.75. The molecule has 1 aliphatic rings. The number of amides is 2. The van der Waals surface area contributed by atoms with E-state index >= 15 is 0 Å². The molecule has 0 bridgehead atoms. The van der Waals surface area contributed by atoms with Crippen molar-refractivity contribution in [3.05, 3.63) is 48.6 Å². The number of aromatic nitrogens is 2. The van der Waals surface area contributed by atoms with Gasteiger partial charge >= 0.3 is 0 Å². The lowest BCUT2D eigenvalue weighted by Crippen LogP contribution is -2.50. The number of hydrogen-bond donors (Lipinski definition) is 1. The minimum atomic E-state index is -0.0847. The number of anilines is 1. The molecule has 1 N–H and O–H groups in total. The van der Waals surface area contributed by atoms with Crippen molar-refractivity contribution in [3.8, 4) is 0 Å². The Balaban J connectivity index is 1.51. The lowest BCUT2D eigenvalue weighted by molar-refractivity contribution is -0.134. The summed E-state index contributed by atoms with van der Waals surface area (Å²) in [5, 5.41) is 7.08. The van der Waals surface area contributed by atoms with Gasteiger partial charge in [0, 0.05) is 31.5 Å².